The summed E-state index contributed by atoms with van der Waals surface area (Å²) in [6.07, 6.45) is -0.871. The summed E-state index contributed by atoms with van der Waals surface area (Å²) in [7, 11) is 0. The van der Waals surface area contributed by atoms with Crippen LogP contribution in [0.25, 0.3) is 0 Å². The van der Waals surface area contributed by atoms with E-state index >= 15 is 0 Å². The fourth-order valence-electron chi connectivity index (χ4n) is 1.40. The molecule has 2 unspecified atom stereocenters. The Kier molecular flexibility index (Phi) is 2.60. The van der Waals surface area contributed by atoms with Crippen molar-refractivity contribution in [2.75, 3.05) is 6.54 Å². The van der Waals surface area contributed by atoms with Gasteiger partial charge in [0.25, 0.3) is 0 Å². The summed E-state index contributed by atoms with van der Waals surface area (Å²) < 4.78 is 24.1. The number of alkyl halides is 2. The monoisotopic (exact) mass is 149 g/mol. The molecular formula is C7H13F2N. The molecule has 60 valence electrons. The highest BCUT2D eigenvalue weighted by molar-refractivity contribution is 4.76. The van der Waals surface area contributed by atoms with Crippen LogP contribution in [0, 0.1) is 5.92 Å². The molecular weight excluding hydrogens is 136 g/mol. The van der Waals surface area contributed by atoms with Crippen molar-refractivity contribution in [3.8, 4) is 0 Å². The van der Waals surface area contributed by atoms with E-state index in [1.54, 1.807) is 0 Å². The first-order chi connectivity index (χ1) is 4.70. The molecule has 3 heteroatoms. The number of piperidine rings is 1. The van der Waals surface area contributed by atoms with E-state index in [2.05, 4.69) is 5.32 Å². The minimum absolute atomic E-state index is 0.271. The van der Waals surface area contributed by atoms with Gasteiger partial charge >= 0.3 is 0 Å². The van der Waals surface area contributed by atoms with E-state index in [4.69, 9.17) is 0 Å². The van der Waals surface area contributed by atoms with Gasteiger partial charge in [0.2, 0.25) is 6.43 Å². The zero-order valence-electron chi connectivity index (χ0n) is 6.11. The van der Waals surface area contributed by atoms with Gasteiger partial charge in [0.05, 0.1) is 0 Å². The van der Waals surface area contributed by atoms with Crippen LogP contribution >= 0.6 is 0 Å². The summed E-state index contributed by atoms with van der Waals surface area (Å²) in [6, 6.07) is 0.271. The van der Waals surface area contributed by atoms with Gasteiger partial charge in [-0.15, -0.1) is 0 Å². The van der Waals surface area contributed by atoms with Crippen LogP contribution < -0.4 is 5.32 Å². The van der Waals surface area contributed by atoms with Gasteiger partial charge in [-0.1, -0.05) is 0 Å². The molecule has 1 heterocycles. The molecule has 2 atom stereocenters. The number of hydrogen-bond acceptors (Lipinski definition) is 1. The second-order valence-corrected chi connectivity index (χ2v) is 2.97. The molecule has 1 fully saturated rings. The molecule has 1 rings (SSSR count). The lowest BCUT2D eigenvalue weighted by Gasteiger charge is -2.27. The molecule has 0 aromatic carbocycles. The van der Waals surface area contributed by atoms with Crippen LogP contribution in [0.15, 0.2) is 0 Å². The van der Waals surface area contributed by atoms with Gasteiger partial charge in [0.15, 0.2) is 0 Å². The van der Waals surface area contributed by atoms with Crippen molar-refractivity contribution in [2.24, 2.45) is 5.92 Å². The van der Waals surface area contributed by atoms with Gasteiger partial charge in [-0.2, -0.15) is 0 Å². The minimum Gasteiger partial charge on any atom is -0.314 e. The van der Waals surface area contributed by atoms with E-state index in [0.29, 0.717) is 12.8 Å². The predicted molar refractivity (Wildman–Crippen MR) is 36.2 cm³/mol. The average molecular weight is 149 g/mol. The van der Waals surface area contributed by atoms with E-state index in [-0.39, 0.29) is 12.0 Å². The smallest absolute Gasteiger partial charge is 0.241 e. The van der Waals surface area contributed by atoms with Crippen LogP contribution in [0.1, 0.15) is 19.8 Å². The second-order valence-electron chi connectivity index (χ2n) is 2.97. The highest BCUT2D eigenvalue weighted by atomic mass is 19.3. The van der Waals surface area contributed by atoms with Crippen molar-refractivity contribution in [2.45, 2.75) is 32.2 Å². The zero-order valence-corrected chi connectivity index (χ0v) is 6.11. The van der Waals surface area contributed by atoms with Crippen LogP contribution in [-0.2, 0) is 0 Å². The summed E-state index contributed by atoms with van der Waals surface area (Å²) >= 11 is 0. The van der Waals surface area contributed by atoms with Crippen molar-refractivity contribution < 1.29 is 8.78 Å². The van der Waals surface area contributed by atoms with Crippen molar-refractivity contribution in [1.82, 2.24) is 5.32 Å². The number of rotatable bonds is 1. The number of halogens is 2. The van der Waals surface area contributed by atoms with Gasteiger partial charge in [-0.25, -0.2) is 8.78 Å². The molecule has 1 saturated heterocycles. The minimum atomic E-state index is -2.12. The number of hydrogen-bond donors (Lipinski definition) is 1. The molecule has 0 amide bonds. The number of nitrogens with one attached hydrogen (secondary N) is 1. The molecule has 1 N–H and O–H groups in total. The quantitative estimate of drug-likeness (QED) is 0.597. The lowest BCUT2D eigenvalue weighted by molar-refractivity contribution is 0.0519. The SMILES string of the molecule is CC1CC(C(F)F)CCN1. The third kappa shape index (κ3) is 1.90. The highest BCUT2D eigenvalue weighted by Crippen LogP contribution is 2.22. The maximum Gasteiger partial charge on any atom is 0.241 e. The average Bonchev–Trinajstić information content (AvgIpc) is 1.88. The molecule has 1 aliphatic heterocycles. The highest BCUT2D eigenvalue weighted by Gasteiger charge is 2.25. The third-order valence-electron chi connectivity index (χ3n) is 2.02. The molecule has 0 bridgehead atoms. The molecule has 0 aromatic rings. The fraction of sp³-hybridized carbons (Fsp3) is 1.00. The molecule has 0 radical (unpaired) electrons. The predicted octanol–water partition coefficient (Wildman–Crippen LogP) is 1.64. The van der Waals surface area contributed by atoms with Gasteiger partial charge in [-0.3, -0.25) is 0 Å². The Morgan fingerprint density at radius 1 is 1.50 bits per heavy atom. The van der Waals surface area contributed by atoms with E-state index in [0.717, 1.165) is 6.54 Å². The van der Waals surface area contributed by atoms with Crippen molar-refractivity contribution in [1.29, 1.82) is 0 Å². The Labute approximate surface area is 59.8 Å². The van der Waals surface area contributed by atoms with Crippen LogP contribution in [-0.4, -0.2) is 19.0 Å². The third-order valence-corrected chi connectivity index (χ3v) is 2.02. The summed E-state index contributed by atoms with van der Waals surface area (Å²) in [6.45, 7) is 2.70. The Morgan fingerprint density at radius 3 is 2.60 bits per heavy atom. The fourth-order valence-corrected chi connectivity index (χ4v) is 1.40. The normalized spacial score (nSPS) is 34.8. The Morgan fingerprint density at radius 2 is 2.20 bits per heavy atom. The molecule has 1 nitrogen and oxygen atoms in total. The second kappa shape index (κ2) is 3.28. The van der Waals surface area contributed by atoms with Crippen molar-refractivity contribution in [3.63, 3.8) is 0 Å². The standard InChI is InChI=1S/C7H13F2N/c1-5-4-6(7(8)9)2-3-10-5/h5-7,10H,2-4H2,1H3. The Hall–Kier alpha value is -0.180. The molecule has 0 aromatic heterocycles. The van der Waals surface area contributed by atoms with Crippen molar-refractivity contribution in [3.05, 3.63) is 0 Å². The van der Waals surface area contributed by atoms with Crippen LogP contribution in [0.5, 0.6) is 0 Å². The van der Waals surface area contributed by atoms with E-state index in [1.165, 1.54) is 0 Å². The van der Waals surface area contributed by atoms with E-state index in [9.17, 15) is 8.78 Å². The van der Waals surface area contributed by atoms with Crippen LogP contribution in [0.3, 0.4) is 0 Å². The largest absolute Gasteiger partial charge is 0.314 e. The topological polar surface area (TPSA) is 12.0 Å². The Bertz CT molecular complexity index is 106. The summed E-state index contributed by atoms with van der Waals surface area (Å²) in [5, 5.41) is 3.13. The maximum absolute atomic E-state index is 12.1. The molecule has 10 heavy (non-hydrogen) atoms. The Balaban J connectivity index is 2.32. The summed E-state index contributed by atoms with van der Waals surface area (Å²) in [4.78, 5) is 0. The first kappa shape index (κ1) is 7.92. The summed E-state index contributed by atoms with van der Waals surface area (Å²) in [5.74, 6) is -0.365. The summed E-state index contributed by atoms with van der Waals surface area (Å²) in [5.41, 5.74) is 0. The van der Waals surface area contributed by atoms with Gasteiger partial charge < -0.3 is 5.32 Å². The maximum atomic E-state index is 12.1. The van der Waals surface area contributed by atoms with E-state index < -0.39 is 6.43 Å². The lowest BCUT2D eigenvalue weighted by Crippen LogP contribution is -2.37. The first-order valence-electron chi connectivity index (χ1n) is 3.71. The van der Waals surface area contributed by atoms with Gasteiger partial charge in [-0.05, 0) is 26.3 Å². The van der Waals surface area contributed by atoms with Gasteiger partial charge in [0, 0.05) is 12.0 Å². The van der Waals surface area contributed by atoms with Crippen LogP contribution in [0.4, 0.5) is 8.78 Å². The molecule has 0 saturated carbocycles. The van der Waals surface area contributed by atoms with E-state index in [1.807, 2.05) is 6.92 Å². The van der Waals surface area contributed by atoms with Gasteiger partial charge in [0.1, 0.15) is 0 Å². The van der Waals surface area contributed by atoms with Crippen LogP contribution in [0.2, 0.25) is 0 Å². The molecule has 0 spiro atoms. The molecule has 0 aliphatic carbocycles. The van der Waals surface area contributed by atoms with Crippen molar-refractivity contribution >= 4 is 0 Å². The zero-order chi connectivity index (χ0) is 7.56. The first-order valence-corrected chi connectivity index (χ1v) is 3.71. The lowest BCUT2D eigenvalue weighted by atomic mass is 9.94. The molecule has 1 aliphatic rings.